The molecule has 2 rings (SSSR count). The summed E-state index contributed by atoms with van der Waals surface area (Å²) in [6, 6.07) is 6.27. The molecule has 0 aromatic heterocycles. The summed E-state index contributed by atoms with van der Waals surface area (Å²) in [5.41, 5.74) is 0.624. The topological polar surface area (TPSA) is 127 Å². The highest BCUT2D eigenvalue weighted by Gasteiger charge is 2.25. The van der Waals surface area contributed by atoms with E-state index >= 15 is 0 Å². The third kappa shape index (κ3) is 6.64. The summed E-state index contributed by atoms with van der Waals surface area (Å²) in [7, 11) is 1.45. The number of hydrogen-bond acceptors (Lipinski definition) is 7. The Hall–Kier alpha value is -3.54. The van der Waals surface area contributed by atoms with E-state index < -0.39 is 24.0 Å². The van der Waals surface area contributed by atoms with Crippen LogP contribution in [0.1, 0.15) is 25.3 Å². The lowest BCUT2D eigenvalue weighted by Gasteiger charge is -2.12. The van der Waals surface area contributed by atoms with Crippen molar-refractivity contribution in [1.29, 1.82) is 5.26 Å². The summed E-state index contributed by atoms with van der Waals surface area (Å²) >= 11 is 0. The van der Waals surface area contributed by atoms with Crippen LogP contribution in [0.5, 0.6) is 11.5 Å². The van der Waals surface area contributed by atoms with Crippen molar-refractivity contribution in [3.63, 3.8) is 0 Å². The number of rotatable bonds is 8. The molecule has 0 heterocycles. The first-order chi connectivity index (χ1) is 13.4. The Labute approximate surface area is 162 Å². The van der Waals surface area contributed by atoms with Crippen molar-refractivity contribution in [2.75, 3.05) is 13.7 Å². The van der Waals surface area contributed by atoms with Crippen molar-refractivity contribution in [2.45, 2.75) is 31.9 Å². The van der Waals surface area contributed by atoms with Gasteiger partial charge < -0.3 is 19.5 Å². The summed E-state index contributed by atoms with van der Waals surface area (Å²) in [5, 5.41) is 13.3. The minimum Gasteiger partial charge on any atom is -0.493 e. The highest BCUT2D eigenvalue weighted by molar-refractivity contribution is 5.98. The number of imide groups is 1. The zero-order valence-electron chi connectivity index (χ0n) is 15.6. The fourth-order valence-corrected chi connectivity index (χ4v) is 2.11. The first-order valence-electron chi connectivity index (χ1n) is 8.60. The van der Waals surface area contributed by atoms with Crippen LogP contribution in [0.25, 0.3) is 6.08 Å². The summed E-state index contributed by atoms with van der Waals surface area (Å²) < 4.78 is 15.4. The molecule has 9 nitrogen and oxygen atoms in total. The maximum Gasteiger partial charge on any atom is 0.331 e. The molecule has 28 heavy (non-hydrogen) atoms. The molecule has 1 aromatic carbocycles. The first kappa shape index (κ1) is 20.8. The number of nitrogens with one attached hydrogen (secondary N) is 2. The maximum absolute atomic E-state index is 11.9. The van der Waals surface area contributed by atoms with Crippen molar-refractivity contribution in [2.24, 2.45) is 0 Å². The van der Waals surface area contributed by atoms with E-state index in [2.05, 4.69) is 10.6 Å². The average Bonchev–Trinajstić information content (AvgIpc) is 3.48. The van der Waals surface area contributed by atoms with Gasteiger partial charge in [0, 0.05) is 12.1 Å². The molecule has 3 amide bonds. The SMILES string of the molecule is COc1cc(/C=C/C(=O)OC(C)C(=O)NC(=O)NC2CC2)ccc1OCC#N. The lowest BCUT2D eigenvalue weighted by molar-refractivity contribution is -0.149. The fraction of sp³-hybridized carbons (Fsp3) is 0.368. The van der Waals surface area contributed by atoms with Gasteiger partial charge in [-0.3, -0.25) is 10.1 Å². The van der Waals surface area contributed by atoms with Gasteiger partial charge >= 0.3 is 12.0 Å². The number of benzene rings is 1. The number of carbonyl (C=O) groups excluding carboxylic acids is 3. The van der Waals surface area contributed by atoms with E-state index in [0.29, 0.717) is 17.1 Å². The minimum atomic E-state index is -1.13. The Morgan fingerprint density at radius 3 is 2.71 bits per heavy atom. The molecule has 1 aliphatic carbocycles. The Morgan fingerprint density at radius 1 is 1.32 bits per heavy atom. The van der Waals surface area contributed by atoms with Crippen molar-refractivity contribution < 1.29 is 28.6 Å². The maximum atomic E-state index is 11.9. The van der Waals surface area contributed by atoms with Crippen LogP contribution >= 0.6 is 0 Å². The van der Waals surface area contributed by atoms with Crippen LogP contribution in [0.2, 0.25) is 0 Å². The van der Waals surface area contributed by atoms with Crippen LogP contribution in [0.3, 0.4) is 0 Å². The first-order valence-corrected chi connectivity index (χ1v) is 8.60. The van der Waals surface area contributed by atoms with E-state index in [1.807, 2.05) is 6.07 Å². The van der Waals surface area contributed by atoms with Crippen molar-refractivity contribution >= 4 is 24.0 Å². The highest BCUT2D eigenvalue weighted by Crippen LogP contribution is 2.28. The molecule has 0 aliphatic heterocycles. The van der Waals surface area contributed by atoms with Gasteiger partial charge in [-0.05, 0) is 43.5 Å². The van der Waals surface area contributed by atoms with Crippen LogP contribution in [-0.2, 0) is 14.3 Å². The zero-order chi connectivity index (χ0) is 20.5. The Kier molecular flexibility index (Phi) is 7.39. The molecular formula is C19H21N3O6. The lowest BCUT2D eigenvalue weighted by atomic mass is 10.2. The van der Waals surface area contributed by atoms with Gasteiger partial charge in [-0.2, -0.15) is 5.26 Å². The van der Waals surface area contributed by atoms with Gasteiger partial charge in [-0.1, -0.05) is 6.07 Å². The van der Waals surface area contributed by atoms with Gasteiger partial charge in [-0.15, -0.1) is 0 Å². The Bertz CT molecular complexity index is 810. The van der Waals surface area contributed by atoms with Crippen molar-refractivity contribution in [3.05, 3.63) is 29.8 Å². The van der Waals surface area contributed by atoms with E-state index in [9.17, 15) is 14.4 Å². The van der Waals surface area contributed by atoms with Gasteiger partial charge in [-0.25, -0.2) is 9.59 Å². The lowest BCUT2D eigenvalue weighted by Crippen LogP contribution is -2.45. The van der Waals surface area contributed by atoms with Gasteiger partial charge in [0.15, 0.2) is 24.2 Å². The molecule has 1 aromatic rings. The second-order valence-corrected chi connectivity index (χ2v) is 6.01. The number of urea groups is 1. The summed E-state index contributed by atoms with van der Waals surface area (Å²) in [6.07, 6.45) is 3.29. The van der Waals surface area contributed by atoms with E-state index in [1.54, 1.807) is 18.2 Å². The molecule has 1 aliphatic rings. The summed E-state index contributed by atoms with van der Waals surface area (Å²) in [4.78, 5) is 35.3. The van der Waals surface area contributed by atoms with Crippen LogP contribution < -0.4 is 20.1 Å². The number of amides is 3. The van der Waals surface area contributed by atoms with E-state index in [0.717, 1.165) is 18.9 Å². The molecule has 9 heteroatoms. The number of esters is 1. The number of methoxy groups -OCH3 is 1. The largest absolute Gasteiger partial charge is 0.493 e. The minimum absolute atomic E-state index is 0.113. The summed E-state index contributed by atoms with van der Waals surface area (Å²) in [5.74, 6) is -0.645. The molecule has 2 N–H and O–H groups in total. The van der Waals surface area contributed by atoms with Crippen LogP contribution in [-0.4, -0.2) is 43.8 Å². The molecule has 1 saturated carbocycles. The molecule has 0 radical (unpaired) electrons. The number of nitriles is 1. The molecule has 1 fully saturated rings. The second-order valence-electron chi connectivity index (χ2n) is 6.01. The normalized spacial score (nSPS) is 13.9. The number of ether oxygens (including phenoxy) is 3. The predicted molar refractivity (Wildman–Crippen MR) is 98.4 cm³/mol. The zero-order valence-corrected chi connectivity index (χ0v) is 15.6. The molecule has 0 saturated heterocycles. The van der Waals surface area contributed by atoms with Crippen LogP contribution in [0.4, 0.5) is 4.79 Å². The molecule has 0 spiro atoms. The number of carbonyl (C=O) groups is 3. The van der Waals surface area contributed by atoms with Gasteiger partial charge in [0.25, 0.3) is 5.91 Å². The molecule has 0 bridgehead atoms. The van der Waals surface area contributed by atoms with E-state index in [-0.39, 0.29) is 12.6 Å². The number of nitrogens with zero attached hydrogens (tertiary/aromatic N) is 1. The standard InChI is InChI=1S/C19H21N3O6/c1-12(18(24)22-19(25)21-14-5-6-14)28-17(23)8-4-13-3-7-15(27-10-9-20)16(11-13)26-2/h3-4,7-8,11-12,14H,5-6,10H2,1-2H3,(H2,21,22,24,25)/b8-4+. The van der Waals surface area contributed by atoms with Crippen LogP contribution in [0, 0.1) is 11.3 Å². The quantitative estimate of drug-likeness (QED) is 0.511. The van der Waals surface area contributed by atoms with Gasteiger partial charge in [0.05, 0.1) is 7.11 Å². The third-order valence-corrected chi connectivity index (χ3v) is 3.70. The monoisotopic (exact) mass is 387 g/mol. The Morgan fingerprint density at radius 2 is 2.07 bits per heavy atom. The van der Waals surface area contributed by atoms with E-state index in [1.165, 1.54) is 20.1 Å². The predicted octanol–water partition coefficient (Wildman–Crippen LogP) is 1.53. The molecule has 1 atom stereocenters. The highest BCUT2D eigenvalue weighted by atomic mass is 16.5. The fourth-order valence-electron chi connectivity index (χ4n) is 2.11. The molecular weight excluding hydrogens is 366 g/mol. The van der Waals surface area contributed by atoms with Crippen molar-refractivity contribution in [3.8, 4) is 17.6 Å². The van der Waals surface area contributed by atoms with Crippen molar-refractivity contribution in [1.82, 2.24) is 10.6 Å². The van der Waals surface area contributed by atoms with Crippen LogP contribution in [0.15, 0.2) is 24.3 Å². The Balaban J connectivity index is 1.87. The third-order valence-electron chi connectivity index (χ3n) is 3.70. The van der Waals surface area contributed by atoms with E-state index in [4.69, 9.17) is 19.5 Å². The summed E-state index contributed by atoms with van der Waals surface area (Å²) in [6.45, 7) is 1.26. The second kappa shape index (κ2) is 9.97. The van der Waals surface area contributed by atoms with Gasteiger partial charge in [0.1, 0.15) is 6.07 Å². The van der Waals surface area contributed by atoms with Gasteiger partial charge in [0.2, 0.25) is 0 Å². The smallest absolute Gasteiger partial charge is 0.331 e. The average molecular weight is 387 g/mol. The molecule has 1 unspecified atom stereocenters. The molecule has 148 valence electrons. The number of hydrogen-bond donors (Lipinski definition) is 2.